The first kappa shape index (κ1) is 32.6. The SMILES string of the molecule is CN1CC(=O)N2[C@@H](Cc3ccc(O)cc3)C(=O)N(Cc3cccc4c3cnn4CCN3CCCCC3)C[C@@H]2N1C(=O)NCc1ccccc1. The molecule has 0 aliphatic carbocycles. The molecule has 3 aliphatic rings. The van der Waals surface area contributed by atoms with Gasteiger partial charge in [0.2, 0.25) is 11.8 Å². The number of benzene rings is 3. The maximum Gasteiger partial charge on any atom is 0.334 e. The molecule has 2 atom stereocenters. The number of urea groups is 1. The third-order valence-electron chi connectivity index (χ3n) is 10.0. The molecule has 0 unspecified atom stereocenters. The fraction of sp³-hybridized carbons (Fsp3) is 0.405. The molecule has 3 aliphatic heterocycles. The molecule has 12 nitrogen and oxygen atoms in total. The Morgan fingerprint density at radius 2 is 1.69 bits per heavy atom. The normalized spacial score (nSPS) is 20.6. The van der Waals surface area contributed by atoms with E-state index in [1.54, 1.807) is 51.1 Å². The summed E-state index contributed by atoms with van der Waals surface area (Å²) in [4.78, 5) is 47.8. The summed E-state index contributed by atoms with van der Waals surface area (Å²) in [6.07, 6.45) is 5.21. The van der Waals surface area contributed by atoms with Crippen LogP contribution in [-0.4, -0.2) is 109 Å². The zero-order chi connectivity index (χ0) is 33.9. The van der Waals surface area contributed by atoms with Crippen LogP contribution in [0, 0.1) is 0 Å². The van der Waals surface area contributed by atoms with Crippen molar-refractivity contribution in [2.45, 2.75) is 57.5 Å². The Labute approximate surface area is 286 Å². The number of piperazine rings is 1. The van der Waals surface area contributed by atoms with E-state index in [0.717, 1.165) is 53.8 Å². The van der Waals surface area contributed by atoms with E-state index in [9.17, 15) is 19.5 Å². The predicted molar refractivity (Wildman–Crippen MR) is 185 cm³/mol. The fourth-order valence-corrected chi connectivity index (χ4v) is 7.46. The lowest BCUT2D eigenvalue weighted by Crippen LogP contribution is -2.76. The monoisotopic (exact) mass is 664 g/mol. The molecule has 7 rings (SSSR count). The molecule has 0 saturated carbocycles. The zero-order valence-corrected chi connectivity index (χ0v) is 27.9. The average molecular weight is 665 g/mol. The van der Waals surface area contributed by atoms with Crippen molar-refractivity contribution in [2.24, 2.45) is 0 Å². The molecule has 0 radical (unpaired) electrons. The standard InChI is InChI=1S/C37H44N8O4/c1-40-26-35(47)44-33(21-27-13-15-30(46)16-14-27)36(48)42(25-34(44)45(40)37(49)38-22-28-9-4-2-5-10-28)24-29-11-8-12-32-31(29)23-39-43(32)20-19-41-17-6-3-7-18-41/h2,4-5,8-16,23,33-34,46H,3,6-7,17-22,24-26H2,1H3,(H,38,49)/t33-,34-/m0/s1. The van der Waals surface area contributed by atoms with Crippen molar-refractivity contribution in [1.82, 2.24) is 39.8 Å². The molecule has 1 aromatic heterocycles. The van der Waals surface area contributed by atoms with Crippen molar-refractivity contribution < 1.29 is 19.5 Å². The zero-order valence-electron chi connectivity index (χ0n) is 27.9. The summed E-state index contributed by atoms with van der Waals surface area (Å²) in [5.41, 5.74) is 3.75. The van der Waals surface area contributed by atoms with Gasteiger partial charge in [0.05, 0.1) is 31.3 Å². The molecule has 2 N–H and O–H groups in total. The lowest BCUT2D eigenvalue weighted by atomic mass is 9.98. The number of phenolic OH excluding ortho intramolecular Hbond substituents is 1. The van der Waals surface area contributed by atoms with E-state index in [-0.39, 0.29) is 43.1 Å². The summed E-state index contributed by atoms with van der Waals surface area (Å²) < 4.78 is 2.05. The first-order valence-corrected chi connectivity index (χ1v) is 17.2. The first-order valence-electron chi connectivity index (χ1n) is 17.2. The molecule has 4 aromatic rings. The molecule has 256 valence electrons. The number of fused-ring (bicyclic) bond motifs is 2. The van der Waals surface area contributed by atoms with Crippen molar-refractivity contribution in [1.29, 1.82) is 0 Å². The van der Waals surface area contributed by atoms with Crippen LogP contribution in [0.1, 0.15) is 36.0 Å². The molecule has 4 heterocycles. The second kappa shape index (κ2) is 14.3. The highest BCUT2D eigenvalue weighted by Gasteiger charge is 2.50. The van der Waals surface area contributed by atoms with E-state index in [4.69, 9.17) is 5.10 Å². The van der Waals surface area contributed by atoms with Gasteiger partial charge in [0.15, 0.2) is 0 Å². The molecule has 3 saturated heterocycles. The number of nitrogens with one attached hydrogen (secondary N) is 1. The summed E-state index contributed by atoms with van der Waals surface area (Å²) in [6.45, 7) is 4.75. The second-order valence-electron chi connectivity index (χ2n) is 13.3. The Kier molecular flexibility index (Phi) is 9.49. The van der Waals surface area contributed by atoms with E-state index < -0.39 is 12.2 Å². The van der Waals surface area contributed by atoms with Crippen LogP contribution >= 0.6 is 0 Å². The quantitative estimate of drug-likeness (QED) is 0.282. The van der Waals surface area contributed by atoms with Gasteiger partial charge in [-0.05, 0) is 60.8 Å². The Hall–Kier alpha value is -4.94. The number of carbonyl (C=O) groups is 3. The van der Waals surface area contributed by atoms with Gasteiger partial charge in [-0.1, -0.05) is 61.0 Å². The van der Waals surface area contributed by atoms with Crippen LogP contribution in [0.4, 0.5) is 4.79 Å². The van der Waals surface area contributed by atoms with E-state index in [1.165, 1.54) is 19.3 Å². The van der Waals surface area contributed by atoms with Crippen molar-refractivity contribution in [3.05, 3.63) is 95.7 Å². The number of carbonyl (C=O) groups excluding carboxylic acids is 3. The van der Waals surface area contributed by atoms with Crippen molar-refractivity contribution in [3.8, 4) is 5.75 Å². The minimum absolute atomic E-state index is 0.0372. The number of phenols is 1. The molecular weight excluding hydrogens is 620 g/mol. The van der Waals surface area contributed by atoms with E-state index in [1.807, 2.05) is 53.3 Å². The maximum atomic E-state index is 14.4. The lowest BCUT2D eigenvalue weighted by molar-refractivity contribution is -0.187. The number of aromatic hydroxyl groups is 1. The van der Waals surface area contributed by atoms with Crippen molar-refractivity contribution >= 4 is 28.7 Å². The van der Waals surface area contributed by atoms with Crippen molar-refractivity contribution in [3.63, 3.8) is 0 Å². The summed E-state index contributed by atoms with van der Waals surface area (Å²) in [5.74, 6) is -0.269. The third kappa shape index (κ3) is 6.97. The minimum atomic E-state index is -0.833. The maximum absolute atomic E-state index is 14.4. The number of hydrazine groups is 1. The summed E-state index contributed by atoms with van der Waals surface area (Å²) >= 11 is 0. The summed E-state index contributed by atoms with van der Waals surface area (Å²) in [5, 5.41) is 21.9. The van der Waals surface area contributed by atoms with Crippen LogP contribution in [0.15, 0.2) is 79.0 Å². The van der Waals surface area contributed by atoms with Crippen molar-refractivity contribution in [2.75, 3.05) is 39.8 Å². The minimum Gasteiger partial charge on any atom is -0.508 e. The molecule has 4 amide bonds. The Bertz CT molecular complexity index is 1790. The van der Waals surface area contributed by atoms with Gasteiger partial charge >= 0.3 is 6.03 Å². The van der Waals surface area contributed by atoms with Gasteiger partial charge in [-0.2, -0.15) is 5.10 Å². The summed E-state index contributed by atoms with van der Waals surface area (Å²) in [7, 11) is 1.73. The Morgan fingerprint density at radius 3 is 2.47 bits per heavy atom. The number of hydrogen-bond donors (Lipinski definition) is 2. The number of likely N-dealkylation sites (N-methyl/N-ethyl adjacent to an activating group) is 1. The predicted octanol–water partition coefficient (Wildman–Crippen LogP) is 3.41. The molecule has 0 bridgehead atoms. The number of nitrogens with zero attached hydrogens (tertiary/aromatic N) is 7. The topological polar surface area (TPSA) is 117 Å². The van der Waals surface area contributed by atoms with Crippen LogP contribution in [-0.2, 0) is 35.6 Å². The molecule has 3 aromatic carbocycles. The molecule has 49 heavy (non-hydrogen) atoms. The molecular formula is C37H44N8O4. The molecule has 0 spiro atoms. The highest BCUT2D eigenvalue weighted by atomic mass is 16.3. The average Bonchev–Trinajstić information content (AvgIpc) is 3.54. The van der Waals surface area contributed by atoms with Crippen LogP contribution < -0.4 is 5.32 Å². The van der Waals surface area contributed by atoms with Crippen LogP contribution in [0.2, 0.25) is 0 Å². The number of rotatable bonds is 9. The third-order valence-corrected chi connectivity index (χ3v) is 10.0. The van der Waals surface area contributed by atoms with Crippen LogP contribution in [0.5, 0.6) is 5.75 Å². The van der Waals surface area contributed by atoms with Gasteiger partial charge in [-0.3, -0.25) is 14.3 Å². The van der Waals surface area contributed by atoms with Gasteiger partial charge in [0.1, 0.15) is 18.0 Å². The van der Waals surface area contributed by atoms with Gasteiger partial charge in [-0.25, -0.2) is 14.8 Å². The largest absolute Gasteiger partial charge is 0.508 e. The van der Waals surface area contributed by atoms with Gasteiger partial charge in [0.25, 0.3) is 0 Å². The smallest absolute Gasteiger partial charge is 0.334 e. The fourth-order valence-electron chi connectivity index (χ4n) is 7.46. The Morgan fingerprint density at radius 1 is 0.918 bits per heavy atom. The van der Waals surface area contributed by atoms with Crippen LogP contribution in [0.3, 0.4) is 0 Å². The van der Waals surface area contributed by atoms with Gasteiger partial charge < -0.3 is 25.1 Å². The summed E-state index contributed by atoms with van der Waals surface area (Å²) in [6, 6.07) is 21.3. The van der Waals surface area contributed by atoms with Crippen LogP contribution in [0.25, 0.3) is 10.9 Å². The first-order chi connectivity index (χ1) is 23.9. The molecule has 12 heteroatoms. The van der Waals surface area contributed by atoms with Gasteiger partial charge in [-0.15, -0.1) is 0 Å². The van der Waals surface area contributed by atoms with E-state index in [0.29, 0.717) is 13.1 Å². The highest BCUT2D eigenvalue weighted by Crippen LogP contribution is 2.30. The number of aromatic nitrogens is 2. The number of amides is 4. The lowest BCUT2D eigenvalue weighted by Gasteiger charge is -2.54. The van der Waals surface area contributed by atoms with E-state index in [2.05, 4.69) is 16.3 Å². The number of hydrogen-bond acceptors (Lipinski definition) is 7. The Balaban J connectivity index is 1.17. The molecule has 3 fully saturated rings. The second-order valence-corrected chi connectivity index (χ2v) is 13.3. The number of likely N-dealkylation sites (tertiary alicyclic amines) is 1. The van der Waals surface area contributed by atoms with E-state index >= 15 is 0 Å². The highest BCUT2D eigenvalue weighted by molar-refractivity contribution is 5.92. The van der Waals surface area contributed by atoms with Gasteiger partial charge in [0, 0.05) is 38.5 Å². The number of piperidine rings is 1.